The standard InChI is InChI=1S/C16H27NOS/c1-5-10-17-16(14(4)19-13(3)11-18)15-8-6-12(2)7-9-15/h6-9,13-14,16-18H,5,10-11H2,1-4H3. The molecule has 108 valence electrons. The molecule has 0 saturated carbocycles. The second kappa shape index (κ2) is 8.62. The van der Waals surface area contributed by atoms with Crippen molar-refractivity contribution in [3.05, 3.63) is 35.4 Å². The predicted octanol–water partition coefficient (Wildman–Crippen LogP) is 3.54. The molecule has 3 atom stereocenters. The summed E-state index contributed by atoms with van der Waals surface area (Å²) in [6.07, 6.45) is 1.13. The van der Waals surface area contributed by atoms with Crippen LogP contribution in [0, 0.1) is 6.92 Å². The smallest absolute Gasteiger partial charge is 0.0547 e. The fourth-order valence-electron chi connectivity index (χ4n) is 2.12. The highest BCUT2D eigenvalue weighted by atomic mass is 32.2. The molecule has 2 N–H and O–H groups in total. The van der Waals surface area contributed by atoms with E-state index in [-0.39, 0.29) is 11.9 Å². The van der Waals surface area contributed by atoms with Gasteiger partial charge in [-0.25, -0.2) is 0 Å². The summed E-state index contributed by atoms with van der Waals surface area (Å²) in [6, 6.07) is 9.11. The maximum atomic E-state index is 9.21. The highest BCUT2D eigenvalue weighted by Gasteiger charge is 2.20. The predicted molar refractivity (Wildman–Crippen MR) is 85.8 cm³/mol. The summed E-state index contributed by atoms with van der Waals surface area (Å²) in [6.45, 7) is 9.88. The average Bonchev–Trinajstić information content (AvgIpc) is 2.41. The fraction of sp³-hybridized carbons (Fsp3) is 0.625. The molecule has 0 aromatic heterocycles. The monoisotopic (exact) mass is 281 g/mol. The summed E-state index contributed by atoms with van der Waals surface area (Å²) in [4.78, 5) is 0. The van der Waals surface area contributed by atoms with Gasteiger partial charge in [0.2, 0.25) is 0 Å². The first-order valence-corrected chi connectivity index (χ1v) is 8.09. The van der Waals surface area contributed by atoms with Crippen LogP contribution in [0.15, 0.2) is 24.3 Å². The topological polar surface area (TPSA) is 32.3 Å². The van der Waals surface area contributed by atoms with Gasteiger partial charge in [0.15, 0.2) is 0 Å². The SMILES string of the molecule is CCCNC(c1ccc(C)cc1)C(C)SC(C)CO. The Morgan fingerprint density at radius 3 is 2.37 bits per heavy atom. The van der Waals surface area contributed by atoms with Gasteiger partial charge in [-0.05, 0) is 25.5 Å². The molecule has 0 fully saturated rings. The molecule has 0 aliphatic rings. The number of rotatable bonds is 8. The van der Waals surface area contributed by atoms with Gasteiger partial charge in [-0.15, -0.1) is 0 Å². The number of aliphatic hydroxyl groups is 1. The van der Waals surface area contributed by atoms with Gasteiger partial charge in [-0.1, -0.05) is 50.6 Å². The van der Waals surface area contributed by atoms with Crippen LogP contribution in [0.1, 0.15) is 44.4 Å². The molecule has 3 unspecified atom stereocenters. The minimum absolute atomic E-state index is 0.239. The van der Waals surface area contributed by atoms with Crippen molar-refractivity contribution >= 4 is 11.8 Å². The maximum absolute atomic E-state index is 9.21. The van der Waals surface area contributed by atoms with Crippen LogP contribution >= 0.6 is 11.8 Å². The van der Waals surface area contributed by atoms with E-state index in [1.165, 1.54) is 11.1 Å². The van der Waals surface area contributed by atoms with Crippen molar-refractivity contribution in [2.45, 2.75) is 50.7 Å². The third-order valence-electron chi connectivity index (χ3n) is 3.22. The second-order valence-electron chi connectivity index (χ2n) is 5.18. The molecule has 1 aromatic carbocycles. The van der Waals surface area contributed by atoms with Crippen molar-refractivity contribution in [2.24, 2.45) is 0 Å². The normalized spacial score (nSPS) is 16.1. The molecule has 0 aliphatic carbocycles. The van der Waals surface area contributed by atoms with Gasteiger partial charge < -0.3 is 10.4 Å². The molecule has 0 heterocycles. The quantitative estimate of drug-likeness (QED) is 0.764. The molecule has 0 bridgehead atoms. The van der Waals surface area contributed by atoms with Crippen molar-refractivity contribution in [3.63, 3.8) is 0 Å². The summed E-state index contributed by atoms with van der Waals surface area (Å²) in [5.74, 6) is 0. The number of hydrogen-bond donors (Lipinski definition) is 2. The van der Waals surface area contributed by atoms with Crippen LogP contribution in [0.3, 0.4) is 0 Å². The van der Waals surface area contributed by atoms with Crippen LogP contribution in [0.5, 0.6) is 0 Å². The van der Waals surface area contributed by atoms with Crippen molar-refractivity contribution in [2.75, 3.05) is 13.2 Å². The largest absolute Gasteiger partial charge is 0.395 e. The van der Waals surface area contributed by atoms with Crippen molar-refractivity contribution in [1.29, 1.82) is 0 Å². The third kappa shape index (κ3) is 5.55. The van der Waals surface area contributed by atoms with Crippen LogP contribution in [0.4, 0.5) is 0 Å². The lowest BCUT2D eigenvalue weighted by atomic mass is 10.0. The van der Waals surface area contributed by atoms with E-state index in [9.17, 15) is 5.11 Å². The van der Waals surface area contributed by atoms with Gasteiger partial charge in [-0.2, -0.15) is 11.8 Å². The Hall–Kier alpha value is -0.510. The van der Waals surface area contributed by atoms with Gasteiger partial charge >= 0.3 is 0 Å². The van der Waals surface area contributed by atoms with Crippen LogP contribution < -0.4 is 5.32 Å². The summed E-state index contributed by atoms with van der Waals surface area (Å²) < 4.78 is 0. The number of aliphatic hydroxyl groups excluding tert-OH is 1. The number of hydrogen-bond acceptors (Lipinski definition) is 3. The molecule has 19 heavy (non-hydrogen) atoms. The molecule has 0 aliphatic heterocycles. The fourth-order valence-corrected chi connectivity index (χ4v) is 3.35. The molecule has 0 saturated heterocycles. The van der Waals surface area contributed by atoms with Gasteiger partial charge in [0, 0.05) is 16.5 Å². The zero-order chi connectivity index (χ0) is 14.3. The number of aryl methyl sites for hydroxylation is 1. The average molecular weight is 281 g/mol. The molecular weight excluding hydrogens is 254 g/mol. The number of nitrogens with one attached hydrogen (secondary N) is 1. The Labute approximate surface area is 122 Å². The number of benzene rings is 1. The molecule has 1 rings (SSSR count). The van der Waals surface area contributed by atoms with E-state index in [2.05, 4.69) is 57.3 Å². The second-order valence-corrected chi connectivity index (χ2v) is 7.00. The van der Waals surface area contributed by atoms with Gasteiger partial charge in [-0.3, -0.25) is 0 Å². The first-order valence-electron chi connectivity index (χ1n) is 7.14. The van der Waals surface area contributed by atoms with Crippen LogP contribution in [0.2, 0.25) is 0 Å². The molecule has 2 nitrogen and oxygen atoms in total. The molecule has 1 aromatic rings. The molecule has 3 heteroatoms. The van der Waals surface area contributed by atoms with E-state index in [0.717, 1.165) is 13.0 Å². The molecular formula is C16H27NOS. The Bertz CT molecular complexity index is 352. The number of thioether (sulfide) groups is 1. The lowest BCUT2D eigenvalue weighted by molar-refractivity contribution is 0.299. The Balaban J connectivity index is 2.78. The van der Waals surface area contributed by atoms with Crippen molar-refractivity contribution in [3.8, 4) is 0 Å². The molecule has 0 amide bonds. The van der Waals surface area contributed by atoms with E-state index < -0.39 is 0 Å². The molecule has 0 radical (unpaired) electrons. The summed E-state index contributed by atoms with van der Waals surface area (Å²) >= 11 is 1.84. The van der Waals surface area contributed by atoms with E-state index >= 15 is 0 Å². The van der Waals surface area contributed by atoms with Gasteiger partial charge in [0.1, 0.15) is 0 Å². The Kier molecular flexibility index (Phi) is 7.51. The van der Waals surface area contributed by atoms with E-state index in [0.29, 0.717) is 11.3 Å². The Morgan fingerprint density at radius 2 is 1.84 bits per heavy atom. The van der Waals surface area contributed by atoms with Crippen LogP contribution in [0.25, 0.3) is 0 Å². The van der Waals surface area contributed by atoms with E-state index in [1.54, 1.807) is 0 Å². The Morgan fingerprint density at radius 1 is 1.21 bits per heavy atom. The highest BCUT2D eigenvalue weighted by molar-refractivity contribution is 8.00. The van der Waals surface area contributed by atoms with Crippen molar-refractivity contribution < 1.29 is 5.11 Å². The summed E-state index contributed by atoms with van der Waals surface area (Å²) in [5, 5.41) is 13.6. The maximum Gasteiger partial charge on any atom is 0.0547 e. The zero-order valence-corrected chi connectivity index (χ0v) is 13.3. The minimum Gasteiger partial charge on any atom is -0.395 e. The third-order valence-corrected chi connectivity index (χ3v) is 4.54. The summed E-state index contributed by atoms with van der Waals surface area (Å²) in [7, 11) is 0. The van der Waals surface area contributed by atoms with Gasteiger partial charge in [0.25, 0.3) is 0 Å². The first kappa shape index (κ1) is 16.5. The lowest BCUT2D eigenvalue weighted by Gasteiger charge is -2.27. The zero-order valence-electron chi connectivity index (χ0n) is 12.5. The van der Waals surface area contributed by atoms with E-state index in [4.69, 9.17) is 0 Å². The lowest BCUT2D eigenvalue weighted by Crippen LogP contribution is -2.30. The molecule has 0 spiro atoms. The highest BCUT2D eigenvalue weighted by Crippen LogP contribution is 2.29. The minimum atomic E-state index is 0.239. The van der Waals surface area contributed by atoms with Crippen LogP contribution in [-0.2, 0) is 0 Å². The van der Waals surface area contributed by atoms with Crippen LogP contribution in [-0.4, -0.2) is 28.8 Å². The van der Waals surface area contributed by atoms with Gasteiger partial charge in [0.05, 0.1) is 6.61 Å². The summed E-state index contributed by atoms with van der Waals surface area (Å²) in [5.41, 5.74) is 2.63. The van der Waals surface area contributed by atoms with Crippen molar-refractivity contribution in [1.82, 2.24) is 5.32 Å². The first-order chi connectivity index (χ1) is 9.08. The van der Waals surface area contributed by atoms with E-state index in [1.807, 2.05) is 11.8 Å².